The lowest BCUT2D eigenvalue weighted by atomic mass is 9.45. The number of nitrogens with zero attached hydrogens (tertiary/aromatic N) is 2. The Balaban J connectivity index is 2.32. The number of allylic oxidation sites excluding steroid dienone is 6. The van der Waals surface area contributed by atoms with Gasteiger partial charge < -0.3 is 0 Å². The Labute approximate surface area is 166 Å². The largest absolute Gasteiger partial charge is 0.293 e. The predicted molar refractivity (Wildman–Crippen MR) is 104 cm³/mol. The summed E-state index contributed by atoms with van der Waals surface area (Å²) in [6.45, 7) is 5.74. The number of hydrogen-bond acceptors (Lipinski definition) is 4. The minimum Gasteiger partial charge on any atom is -0.293 e. The average Bonchev–Trinajstić information content (AvgIpc) is 2.59. The minimum absolute atomic E-state index is 0.0418. The van der Waals surface area contributed by atoms with Gasteiger partial charge in [-0.1, -0.05) is 32.8 Å². The van der Waals surface area contributed by atoms with Crippen LogP contribution in [0, 0.1) is 54.7 Å². The van der Waals surface area contributed by atoms with Gasteiger partial charge in [0, 0.05) is 33.4 Å². The highest BCUT2D eigenvalue weighted by molar-refractivity contribution is 14.1. The number of hydrogen-bond donors (Lipinski definition) is 0. The van der Waals surface area contributed by atoms with Gasteiger partial charge in [-0.25, -0.2) is 0 Å². The Bertz CT molecular complexity index is 974. The zero-order valence-electron chi connectivity index (χ0n) is 14.8. The second-order valence-electron chi connectivity index (χ2n) is 7.88. The topological polar surface area (TPSA) is 81.7 Å². The molecule has 3 aliphatic rings. The third-order valence-corrected chi connectivity index (χ3v) is 6.47. The lowest BCUT2D eigenvalue weighted by Gasteiger charge is -2.56. The Morgan fingerprint density at radius 3 is 2.35 bits per heavy atom. The molecule has 0 saturated heterocycles. The van der Waals surface area contributed by atoms with Gasteiger partial charge in [-0.15, -0.1) is 0 Å². The fourth-order valence-corrected chi connectivity index (χ4v) is 5.50. The maximum Gasteiger partial charge on any atom is 0.196 e. The highest BCUT2D eigenvalue weighted by Crippen LogP contribution is 2.63. The Hall–Kier alpha value is -2.17. The van der Waals surface area contributed by atoms with Crippen molar-refractivity contribution in [3.63, 3.8) is 0 Å². The SMILES string of the molecule is CC1(C)C(=O)C(C#N)=CC2(C)C3=CC(=O)C(C#N)=CC3(C#CI)CCC12. The van der Waals surface area contributed by atoms with Crippen LogP contribution >= 0.6 is 22.6 Å². The van der Waals surface area contributed by atoms with Crippen LogP contribution < -0.4 is 0 Å². The standard InChI is InChI=1S/C21H17IN2O2/c1-19(2)16-4-5-21(6-7-22)10-13(11-23)15(25)8-17(21)20(16,3)9-14(12-24)18(19)26/h8-10,16H,4-5H2,1-3H3. The maximum absolute atomic E-state index is 12.7. The molecule has 3 atom stereocenters. The number of nitriles is 2. The van der Waals surface area contributed by atoms with Crippen molar-refractivity contribution in [2.75, 3.05) is 0 Å². The first kappa shape index (κ1) is 18.6. The van der Waals surface area contributed by atoms with E-state index in [1.54, 1.807) is 12.2 Å². The summed E-state index contributed by atoms with van der Waals surface area (Å²) < 4.78 is 2.92. The zero-order chi connectivity index (χ0) is 19.3. The molecule has 5 heteroatoms. The molecule has 0 spiro atoms. The van der Waals surface area contributed by atoms with E-state index in [1.807, 2.05) is 55.5 Å². The van der Waals surface area contributed by atoms with Crippen molar-refractivity contribution in [1.82, 2.24) is 0 Å². The summed E-state index contributed by atoms with van der Waals surface area (Å²) in [5, 5.41) is 18.8. The Kier molecular flexibility index (Phi) is 4.25. The summed E-state index contributed by atoms with van der Waals surface area (Å²) in [6, 6.07) is 4.01. The molecule has 26 heavy (non-hydrogen) atoms. The van der Waals surface area contributed by atoms with Crippen LogP contribution in [-0.2, 0) is 9.59 Å². The van der Waals surface area contributed by atoms with Gasteiger partial charge in [0.25, 0.3) is 0 Å². The molecule has 3 rings (SSSR count). The van der Waals surface area contributed by atoms with Gasteiger partial charge in [0.15, 0.2) is 11.6 Å². The van der Waals surface area contributed by atoms with Crippen LogP contribution in [0.5, 0.6) is 0 Å². The number of carbonyl (C=O) groups is 2. The first-order valence-corrected chi connectivity index (χ1v) is 9.44. The molecular formula is C21H17IN2O2. The fourth-order valence-electron chi connectivity index (χ4n) is 5.02. The molecule has 0 bridgehead atoms. The van der Waals surface area contributed by atoms with Gasteiger partial charge in [-0.2, -0.15) is 10.5 Å². The van der Waals surface area contributed by atoms with Gasteiger partial charge in [0.1, 0.15) is 12.1 Å². The van der Waals surface area contributed by atoms with Gasteiger partial charge in [0.05, 0.1) is 16.6 Å². The first-order chi connectivity index (χ1) is 12.2. The molecule has 3 unspecified atom stereocenters. The summed E-state index contributed by atoms with van der Waals surface area (Å²) in [5.74, 6) is 2.68. The van der Waals surface area contributed by atoms with Crippen molar-refractivity contribution >= 4 is 34.2 Å². The van der Waals surface area contributed by atoms with Gasteiger partial charge in [-0.3, -0.25) is 9.59 Å². The van der Waals surface area contributed by atoms with Crippen molar-refractivity contribution in [1.29, 1.82) is 10.5 Å². The van der Waals surface area contributed by atoms with E-state index in [4.69, 9.17) is 0 Å². The van der Waals surface area contributed by atoms with Crippen molar-refractivity contribution in [3.05, 3.63) is 34.9 Å². The van der Waals surface area contributed by atoms with E-state index in [2.05, 4.69) is 9.85 Å². The van der Waals surface area contributed by atoms with E-state index in [9.17, 15) is 20.1 Å². The van der Waals surface area contributed by atoms with Crippen LogP contribution in [0.3, 0.4) is 0 Å². The Morgan fingerprint density at radius 1 is 1.12 bits per heavy atom. The molecule has 0 amide bonds. The van der Waals surface area contributed by atoms with E-state index in [1.165, 1.54) is 6.08 Å². The van der Waals surface area contributed by atoms with Gasteiger partial charge in [0.2, 0.25) is 0 Å². The van der Waals surface area contributed by atoms with E-state index >= 15 is 0 Å². The van der Waals surface area contributed by atoms with Gasteiger partial charge in [-0.05, 0) is 40.4 Å². The summed E-state index contributed by atoms with van der Waals surface area (Å²) >= 11 is 1.96. The van der Waals surface area contributed by atoms with E-state index in [0.29, 0.717) is 6.42 Å². The third kappa shape index (κ3) is 2.32. The number of rotatable bonds is 0. The first-order valence-electron chi connectivity index (χ1n) is 8.37. The molecule has 1 saturated carbocycles. The van der Waals surface area contributed by atoms with Crippen LogP contribution in [0.2, 0.25) is 0 Å². The molecule has 0 aromatic heterocycles. The van der Waals surface area contributed by atoms with Crippen molar-refractivity contribution in [2.24, 2.45) is 22.2 Å². The predicted octanol–water partition coefficient (Wildman–Crippen LogP) is 3.80. The molecule has 0 N–H and O–H groups in total. The van der Waals surface area contributed by atoms with Crippen LogP contribution in [0.25, 0.3) is 0 Å². The van der Waals surface area contributed by atoms with Crippen LogP contribution in [-0.4, -0.2) is 11.6 Å². The quantitative estimate of drug-likeness (QED) is 0.410. The lowest BCUT2D eigenvalue weighted by Crippen LogP contribution is -2.53. The molecule has 4 nitrogen and oxygen atoms in total. The molecule has 0 aliphatic heterocycles. The highest BCUT2D eigenvalue weighted by atomic mass is 127. The molecule has 3 aliphatic carbocycles. The number of Topliss-reactive ketones (excluding diaryl/α,β-unsaturated/α-hetero) is 1. The molecule has 130 valence electrons. The summed E-state index contributed by atoms with van der Waals surface area (Å²) in [5.41, 5.74) is -1.03. The van der Waals surface area contributed by atoms with E-state index in [-0.39, 0.29) is 28.6 Å². The molecule has 0 aromatic rings. The number of carbonyl (C=O) groups excluding carboxylic acids is 2. The molecule has 0 heterocycles. The summed E-state index contributed by atoms with van der Waals surface area (Å²) in [4.78, 5) is 25.2. The van der Waals surface area contributed by atoms with Crippen LogP contribution in [0.1, 0.15) is 33.6 Å². The molecule has 1 fully saturated rings. The minimum atomic E-state index is -0.709. The second-order valence-corrected chi connectivity index (χ2v) is 8.42. The number of ketones is 2. The number of fused-ring (bicyclic) bond motifs is 3. The normalized spacial score (nSPS) is 34.5. The third-order valence-electron chi connectivity index (χ3n) is 6.20. The average molecular weight is 456 g/mol. The zero-order valence-corrected chi connectivity index (χ0v) is 17.0. The van der Waals surface area contributed by atoms with E-state index < -0.39 is 16.2 Å². The van der Waals surface area contributed by atoms with Gasteiger partial charge >= 0.3 is 0 Å². The van der Waals surface area contributed by atoms with Crippen LogP contribution in [0.15, 0.2) is 34.9 Å². The maximum atomic E-state index is 12.7. The summed E-state index contributed by atoms with van der Waals surface area (Å²) in [6.07, 6.45) is 6.28. The van der Waals surface area contributed by atoms with E-state index in [0.717, 1.165) is 12.0 Å². The smallest absolute Gasteiger partial charge is 0.196 e. The molecule has 0 radical (unpaired) electrons. The molecule has 0 aromatic carbocycles. The second kappa shape index (κ2) is 5.93. The fraction of sp³-hybridized carbons (Fsp3) is 0.429. The highest BCUT2D eigenvalue weighted by Gasteiger charge is 2.59. The summed E-state index contributed by atoms with van der Waals surface area (Å²) in [7, 11) is 0. The van der Waals surface area contributed by atoms with Crippen molar-refractivity contribution in [2.45, 2.75) is 33.6 Å². The van der Waals surface area contributed by atoms with Crippen LogP contribution in [0.4, 0.5) is 0 Å². The molecular weight excluding hydrogens is 439 g/mol. The van der Waals surface area contributed by atoms with Crippen molar-refractivity contribution < 1.29 is 9.59 Å². The lowest BCUT2D eigenvalue weighted by molar-refractivity contribution is -0.130. The Morgan fingerprint density at radius 2 is 1.77 bits per heavy atom. The number of halogens is 1. The van der Waals surface area contributed by atoms with Crippen molar-refractivity contribution in [3.8, 4) is 22.0 Å². The monoisotopic (exact) mass is 456 g/mol.